The molecule has 3 rings (SSSR count). The quantitative estimate of drug-likeness (QED) is 0.370. The minimum atomic E-state index is -1.15. The Morgan fingerprint density at radius 3 is 2.73 bits per heavy atom. The first kappa shape index (κ1) is 21.5. The third-order valence-electron chi connectivity index (χ3n) is 4.76. The monoisotopic (exact) mass is 426 g/mol. The van der Waals surface area contributed by atoms with Crippen LogP contribution in [0.1, 0.15) is 53.8 Å². The number of carboxylic acid groups (broad SMARTS) is 1. The van der Waals surface area contributed by atoms with Crippen LogP contribution < -0.4 is 0 Å². The zero-order chi connectivity index (χ0) is 21.5. The molecule has 1 aromatic carbocycles. The highest BCUT2D eigenvalue weighted by Crippen LogP contribution is 2.21. The number of H-pyrrole nitrogens is 1. The highest BCUT2D eigenvalue weighted by atomic mass is 35.5. The zero-order valence-corrected chi connectivity index (χ0v) is 17.4. The predicted octanol–water partition coefficient (Wildman–Crippen LogP) is 4.39. The second-order valence-electron chi connectivity index (χ2n) is 6.92. The molecule has 0 amide bonds. The second kappa shape index (κ2) is 10.0. The molecular formula is C22H23ClN4O3. The number of nitrogens with zero attached hydrogens (tertiary/aromatic N) is 3. The number of nitrogens with one attached hydrogen (secondary N) is 1. The number of carbonyl (C=O) groups is 2. The number of Topliss-reactive ketones (excluding diaryl/α,β-unsaturated/α-hetero) is 1. The van der Waals surface area contributed by atoms with Crippen molar-refractivity contribution in [2.24, 2.45) is 0 Å². The molecule has 0 fully saturated rings. The molecule has 0 saturated heterocycles. The van der Waals surface area contributed by atoms with Crippen LogP contribution in [0.4, 0.5) is 0 Å². The van der Waals surface area contributed by atoms with Crippen molar-refractivity contribution in [1.29, 1.82) is 0 Å². The van der Waals surface area contributed by atoms with Crippen molar-refractivity contribution in [3.63, 3.8) is 0 Å². The number of carbonyl (C=O) groups excluding carboxylic acids is 1. The summed E-state index contributed by atoms with van der Waals surface area (Å²) in [4.78, 5) is 35.2. The lowest BCUT2D eigenvalue weighted by molar-refractivity contribution is -0.132. The van der Waals surface area contributed by atoms with Gasteiger partial charge in [0, 0.05) is 23.4 Å². The van der Waals surface area contributed by atoms with Crippen LogP contribution in [0, 0.1) is 0 Å². The molecule has 0 bridgehead atoms. The normalized spacial score (nSPS) is 11.6. The fraction of sp³-hybridized carbons (Fsp3) is 0.273. The van der Waals surface area contributed by atoms with Gasteiger partial charge in [-0.3, -0.25) is 4.79 Å². The zero-order valence-electron chi connectivity index (χ0n) is 16.6. The van der Waals surface area contributed by atoms with E-state index in [0.29, 0.717) is 17.3 Å². The Kier molecular flexibility index (Phi) is 7.19. The number of imidazole rings is 2. The average Bonchev–Trinajstić information content (AvgIpc) is 3.38. The van der Waals surface area contributed by atoms with Gasteiger partial charge in [-0.15, -0.1) is 0 Å². The number of aliphatic carboxylic acids is 1. The third-order valence-corrected chi connectivity index (χ3v) is 5.12. The molecule has 0 aliphatic carbocycles. The smallest absolute Gasteiger partial charge is 0.332 e. The summed E-state index contributed by atoms with van der Waals surface area (Å²) in [6.07, 6.45) is 8.42. The maximum absolute atomic E-state index is 12.4. The maximum Gasteiger partial charge on any atom is 0.332 e. The first-order chi connectivity index (χ1) is 14.5. The molecule has 3 aromatic rings. The summed E-state index contributed by atoms with van der Waals surface area (Å²) < 4.78 is 1.96. The van der Waals surface area contributed by atoms with E-state index < -0.39 is 5.97 Å². The molecule has 0 atom stereocenters. The largest absolute Gasteiger partial charge is 0.478 e. The molecule has 0 aliphatic heterocycles. The van der Waals surface area contributed by atoms with E-state index in [-0.39, 0.29) is 23.5 Å². The van der Waals surface area contributed by atoms with Crippen molar-refractivity contribution in [3.8, 4) is 0 Å². The number of ketones is 1. The van der Waals surface area contributed by atoms with E-state index in [1.54, 1.807) is 6.20 Å². The SMILES string of the molecule is CCCCc1ncc(C=C(CC(=O)c2cnc[nH]2)C(=O)O)n1Cc1ccccc1Cl. The lowest BCUT2D eigenvalue weighted by atomic mass is 10.1. The Hall–Kier alpha value is -3.19. The minimum Gasteiger partial charge on any atom is -0.478 e. The fourth-order valence-corrected chi connectivity index (χ4v) is 3.30. The van der Waals surface area contributed by atoms with E-state index in [0.717, 1.165) is 30.7 Å². The molecular weight excluding hydrogens is 404 g/mol. The number of unbranched alkanes of at least 4 members (excludes halogenated alkanes) is 1. The van der Waals surface area contributed by atoms with E-state index in [2.05, 4.69) is 21.9 Å². The van der Waals surface area contributed by atoms with Crippen molar-refractivity contribution in [3.05, 3.63) is 76.4 Å². The summed E-state index contributed by atoms with van der Waals surface area (Å²) in [5.41, 5.74) is 1.79. The summed E-state index contributed by atoms with van der Waals surface area (Å²) in [5.74, 6) is -0.638. The highest BCUT2D eigenvalue weighted by molar-refractivity contribution is 6.31. The Labute approximate surface area is 179 Å². The van der Waals surface area contributed by atoms with E-state index >= 15 is 0 Å². The number of hydrogen-bond acceptors (Lipinski definition) is 4. The Morgan fingerprint density at radius 1 is 1.27 bits per heavy atom. The van der Waals surface area contributed by atoms with Gasteiger partial charge in [-0.05, 0) is 24.1 Å². The van der Waals surface area contributed by atoms with E-state index in [4.69, 9.17) is 11.6 Å². The van der Waals surface area contributed by atoms with Crippen molar-refractivity contribution in [2.45, 2.75) is 39.2 Å². The van der Waals surface area contributed by atoms with E-state index in [1.807, 2.05) is 28.8 Å². The molecule has 0 spiro atoms. The van der Waals surface area contributed by atoms with Crippen LogP contribution >= 0.6 is 11.6 Å². The molecule has 0 radical (unpaired) electrons. The number of benzene rings is 1. The molecule has 156 valence electrons. The van der Waals surface area contributed by atoms with Gasteiger partial charge in [0.25, 0.3) is 0 Å². The van der Waals surface area contributed by atoms with Gasteiger partial charge < -0.3 is 14.7 Å². The van der Waals surface area contributed by atoms with Gasteiger partial charge in [-0.25, -0.2) is 14.8 Å². The number of aromatic amines is 1. The molecule has 2 N–H and O–H groups in total. The fourth-order valence-electron chi connectivity index (χ4n) is 3.10. The molecule has 2 aromatic heterocycles. The maximum atomic E-state index is 12.4. The van der Waals surface area contributed by atoms with Crippen LogP contribution in [-0.2, 0) is 17.8 Å². The Morgan fingerprint density at radius 2 is 2.07 bits per heavy atom. The van der Waals surface area contributed by atoms with Crippen LogP contribution in [0.2, 0.25) is 5.02 Å². The van der Waals surface area contributed by atoms with Crippen LogP contribution in [0.5, 0.6) is 0 Å². The second-order valence-corrected chi connectivity index (χ2v) is 7.33. The number of halogens is 1. The average molecular weight is 427 g/mol. The van der Waals surface area contributed by atoms with Gasteiger partial charge in [0.1, 0.15) is 11.5 Å². The van der Waals surface area contributed by atoms with Gasteiger partial charge in [0.2, 0.25) is 0 Å². The van der Waals surface area contributed by atoms with Crippen LogP contribution in [-0.4, -0.2) is 36.4 Å². The molecule has 0 unspecified atom stereocenters. The summed E-state index contributed by atoms with van der Waals surface area (Å²) >= 11 is 6.33. The highest BCUT2D eigenvalue weighted by Gasteiger charge is 2.18. The van der Waals surface area contributed by atoms with Crippen LogP contribution in [0.25, 0.3) is 6.08 Å². The number of aryl methyl sites for hydroxylation is 1. The standard InChI is InChI=1S/C22H23ClN4O3/c1-2-3-8-21-25-11-17(27(21)13-15-6-4-5-7-18(15)23)9-16(22(29)30)10-20(28)19-12-24-14-26-19/h4-7,9,11-12,14H,2-3,8,10,13H2,1H3,(H,24,26)(H,29,30). The van der Waals surface area contributed by atoms with Gasteiger partial charge in [-0.2, -0.15) is 0 Å². The van der Waals surface area contributed by atoms with Gasteiger partial charge in [-0.1, -0.05) is 43.1 Å². The lowest BCUT2D eigenvalue weighted by Gasteiger charge is -2.12. The van der Waals surface area contributed by atoms with Gasteiger partial charge in [0.15, 0.2) is 5.78 Å². The first-order valence-electron chi connectivity index (χ1n) is 9.72. The molecule has 8 heteroatoms. The molecule has 30 heavy (non-hydrogen) atoms. The minimum absolute atomic E-state index is 0.0167. The van der Waals surface area contributed by atoms with Crippen molar-refractivity contribution < 1.29 is 14.7 Å². The number of carboxylic acids is 1. The molecule has 0 saturated carbocycles. The van der Waals surface area contributed by atoms with Gasteiger partial charge in [0.05, 0.1) is 31.0 Å². The lowest BCUT2D eigenvalue weighted by Crippen LogP contribution is -2.11. The van der Waals surface area contributed by atoms with Crippen molar-refractivity contribution >= 4 is 29.4 Å². The number of aromatic nitrogens is 4. The predicted molar refractivity (Wildman–Crippen MR) is 115 cm³/mol. The van der Waals surface area contributed by atoms with Crippen molar-refractivity contribution in [1.82, 2.24) is 19.5 Å². The van der Waals surface area contributed by atoms with Gasteiger partial charge >= 0.3 is 5.97 Å². The van der Waals surface area contributed by atoms with Crippen LogP contribution in [0.3, 0.4) is 0 Å². The summed E-state index contributed by atoms with van der Waals surface area (Å²) in [5, 5.41) is 10.3. The molecule has 7 nitrogen and oxygen atoms in total. The van der Waals surface area contributed by atoms with Crippen molar-refractivity contribution in [2.75, 3.05) is 0 Å². The topological polar surface area (TPSA) is 101 Å². The number of hydrogen-bond donors (Lipinski definition) is 2. The van der Waals surface area contributed by atoms with E-state index in [1.165, 1.54) is 18.6 Å². The Balaban J connectivity index is 1.95. The first-order valence-corrected chi connectivity index (χ1v) is 10.1. The summed E-state index contributed by atoms with van der Waals surface area (Å²) in [6, 6.07) is 7.52. The Bertz CT molecular complexity index is 1050. The third kappa shape index (κ3) is 5.24. The summed E-state index contributed by atoms with van der Waals surface area (Å²) in [6.45, 7) is 2.57. The van der Waals surface area contributed by atoms with Crippen LogP contribution in [0.15, 0.2) is 48.6 Å². The van der Waals surface area contributed by atoms with E-state index in [9.17, 15) is 14.7 Å². The summed E-state index contributed by atoms with van der Waals surface area (Å²) in [7, 11) is 0. The molecule has 0 aliphatic rings. The molecule has 2 heterocycles. The number of rotatable bonds is 10.